The quantitative estimate of drug-likeness (QED) is 0.411. The van der Waals surface area contributed by atoms with E-state index in [4.69, 9.17) is 0 Å². The van der Waals surface area contributed by atoms with E-state index in [1.165, 1.54) is 24.1 Å². The number of carbonyl (C=O) groups excluding carboxylic acids is 1. The molecule has 0 radical (unpaired) electrons. The van der Waals surface area contributed by atoms with E-state index in [2.05, 4.69) is 60.5 Å². The van der Waals surface area contributed by atoms with E-state index < -0.39 is 0 Å². The Morgan fingerprint density at radius 2 is 1.75 bits per heavy atom. The highest BCUT2D eigenvalue weighted by molar-refractivity contribution is 7.98. The molecule has 3 nitrogen and oxygen atoms in total. The van der Waals surface area contributed by atoms with Crippen LogP contribution in [-0.4, -0.2) is 19.0 Å². The average molecular weight is 445 g/mol. The van der Waals surface area contributed by atoms with Gasteiger partial charge < -0.3 is 10.2 Å². The molecule has 4 heteroatoms. The third-order valence-corrected chi connectivity index (χ3v) is 7.28. The van der Waals surface area contributed by atoms with Crippen molar-refractivity contribution in [3.63, 3.8) is 0 Å². The second kappa shape index (κ2) is 10.7. The number of hydrogen-bond acceptors (Lipinski definition) is 3. The van der Waals surface area contributed by atoms with Gasteiger partial charge in [0, 0.05) is 29.4 Å². The largest absolute Gasteiger partial charge is 0.371 e. The zero-order chi connectivity index (χ0) is 22.3. The molecule has 1 saturated heterocycles. The fraction of sp³-hybridized carbons (Fsp3) is 0.321. The first-order chi connectivity index (χ1) is 15.6. The topological polar surface area (TPSA) is 32.3 Å². The first-order valence-electron chi connectivity index (χ1n) is 11.5. The van der Waals surface area contributed by atoms with Gasteiger partial charge in [0.05, 0.1) is 11.6 Å². The molecular weight excluding hydrogens is 412 g/mol. The summed E-state index contributed by atoms with van der Waals surface area (Å²) in [4.78, 5) is 16.6. The molecule has 0 aromatic heterocycles. The van der Waals surface area contributed by atoms with Gasteiger partial charge in [-0.2, -0.15) is 0 Å². The van der Waals surface area contributed by atoms with Gasteiger partial charge in [0.2, 0.25) is 0 Å². The maximum Gasteiger partial charge on any atom is 0.252 e. The van der Waals surface area contributed by atoms with Crippen LogP contribution in [0, 0.1) is 5.92 Å². The van der Waals surface area contributed by atoms with Crippen LogP contribution in [0.5, 0.6) is 0 Å². The van der Waals surface area contributed by atoms with Gasteiger partial charge >= 0.3 is 0 Å². The van der Waals surface area contributed by atoms with Crippen molar-refractivity contribution in [1.29, 1.82) is 0 Å². The van der Waals surface area contributed by atoms with E-state index in [0.29, 0.717) is 0 Å². The lowest BCUT2D eigenvalue weighted by molar-refractivity contribution is 0.0937. The Bertz CT molecular complexity index is 1020. The van der Waals surface area contributed by atoms with Crippen LogP contribution < -0.4 is 10.2 Å². The summed E-state index contributed by atoms with van der Waals surface area (Å²) >= 11 is 1.70. The molecule has 3 aromatic carbocycles. The van der Waals surface area contributed by atoms with Crippen LogP contribution in [0.2, 0.25) is 0 Å². The van der Waals surface area contributed by atoms with Gasteiger partial charge in [-0.1, -0.05) is 61.5 Å². The Morgan fingerprint density at radius 1 is 1.03 bits per heavy atom. The maximum absolute atomic E-state index is 13.1. The molecule has 0 saturated carbocycles. The number of piperidine rings is 1. The second-order valence-corrected chi connectivity index (χ2v) is 9.77. The van der Waals surface area contributed by atoms with E-state index >= 15 is 0 Å². The van der Waals surface area contributed by atoms with Crippen LogP contribution in [0.3, 0.4) is 0 Å². The van der Waals surface area contributed by atoms with E-state index in [-0.39, 0.29) is 11.9 Å². The van der Waals surface area contributed by atoms with Crippen molar-refractivity contribution in [3.05, 3.63) is 95.6 Å². The van der Waals surface area contributed by atoms with Crippen molar-refractivity contribution in [1.82, 2.24) is 5.32 Å². The van der Waals surface area contributed by atoms with Gasteiger partial charge in [-0.15, -0.1) is 11.8 Å². The van der Waals surface area contributed by atoms with Crippen LogP contribution in [0.1, 0.15) is 54.2 Å². The van der Waals surface area contributed by atoms with Crippen molar-refractivity contribution < 1.29 is 4.79 Å². The Labute approximate surface area is 196 Å². The molecule has 4 rings (SSSR count). The van der Waals surface area contributed by atoms with Crippen molar-refractivity contribution in [2.75, 3.05) is 18.0 Å². The highest BCUT2D eigenvalue weighted by Crippen LogP contribution is 2.28. The van der Waals surface area contributed by atoms with Crippen molar-refractivity contribution >= 4 is 23.4 Å². The summed E-state index contributed by atoms with van der Waals surface area (Å²) < 4.78 is 0. The predicted octanol–water partition coefficient (Wildman–Crippen LogP) is 6.71. The number of benzene rings is 3. The molecule has 32 heavy (non-hydrogen) atoms. The van der Waals surface area contributed by atoms with Crippen LogP contribution in [0.15, 0.2) is 83.8 Å². The minimum atomic E-state index is -0.0518. The molecule has 1 aliphatic rings. The standard InChI is InChI=1S/C28H32N2OS/c1-21-9-8-18-30(19-21)25-16-14-24(15-17-25)22(2)29-28(31)26-12-6-7-13-27(26)32-20-23-10-4-3-5-11-23/h3-7,10-17,21-22H,8-9,18-20H2,1-2H3,(H,29,31)/t21-,22+/m0/s1. The van der Waals surface area contributed by atoms with Gasteiger partial charge in [0.15, 0.2) is 0 Å². The van der Waals surface area contributed by atoms with Gasteiger partial charge in [-0.25, -0.2) is 0 Å². The van der Waals surface area contributed by atoms with Gasteiger partial charge in [0.25, 0.3) is 5.91 Å². The summed E-state index contributed by atoms with van der Waals surface area (Å²) in [6.07, 6.45) is 2.58. The second-order valence-electron chi connectivity index (χ2n) is 8.75. The normalized spacial score (nSPS) is 17.1. The monoisotopic (exact) mass is 444 g/mol. The molecule has 0 aliphatic carbocycles. The van der Waals surface area contributed by atoms with Crippen molar-refractivity contribution in [2.45, 2.75) is 43.4 Å². The molecule has 2 atom stereocenters. The van der Waals surface area contributed by atoms with E-state index in [0.717, 1.165) is 40.8 Å². The van der Waals surface area contributed by atoms with Crippen LogP contribution in [0.4, 0.5) is 5.69 Å². The van der Waals surface area contributed by atoms with Crippen LogP contribution in [-0.2, 0) is 5.75 Å². The molecule has 166 valence electrons. The summed E-state index contributed by atoms with van der Waals surface area (Å²) in [5.74, 6) is 1.57. The highest BCUT2D eigenvalue weighted by Gasteiger charge is 2.18. The Kier molecular flexibility index (Phi) is 7.54. The summed E-state index contributed by atoms with van der Waals surface area (Å²) in [5, 5.41) is 3.19. The number of thioether (sulfide) groups is 1. The number of carbonyl (C=O) groups is 1. The lowest BCUT2D eigenvalue weighted by Gasteiger charge is -2.33. The molecular formula is C28H32N2OS. The molecule has 0 unspecified atom stereocenters. The number of amides is 1. The van der Waals surface area contributed by atoms with Gasteiger partial charge in [-0.05, 0) is 61.1 Å². The number of nitrogens with zero attached hydrogens (tertiary/aromatic N) is 1. The zero-order valence-electron chi connectivity index (χ0n) is 19.0. The van der Waals surface area contributed by atoms with Crippen LogP contribution in [0.25, 0.3) is 0 Å². The Balaban J connectivity index is 1.39. The predicted molar refractivity (Wildman–Crippen MR) is 135 cm³/mol. The minimum Gasteiger partial charge on any atom is -0.371 e. The fourth-order valence-corrected chi connectivity index (χ4v) is 5.28. The summed E-state index contributed by atoms with van der Waals surface area (Å²) in [6.45, 7) is 6.64. The summed E-state index contributed by atoms with van der Waals surface area (Å²) in [7, 11) is 0. The van der Waals surface area contributed by atoms with E-state index in [9.17, 15) is 4.79 Å². The Morgan fingerprint density at radius 3 is 2.50 bits per heavy atom. The van der Waals surface area contributed by atoms with Crippen LogP contribution >= 0.6 is 11.8 Å². The molecule has 3 aromatic rings. The van der Waals surface area contributed by atoms with E-state index in [1.807, 2.05) is 42.5 Å². The molecule has 0 spiro atoms. The van der Waals surface area contributed by atoms with Crippen molar-refractivity contribution in [3.8, 4) is 0 Å². The SMILES string of the molecule is C[C@H]1CCCN(c2ccc([C@@H](C)NC(=O)c3ccccc3SCc3ccccc3)cc2)C1. The fourth-order valence-electron chi connectivity index (χ4n) is 4.27. The number of hydrogen-bond donors (Lipinski definition) is 1. The van der Waals surface area contributed by atoms with E-state index in [1.54, 1.807) is 11.8 Å². The number of rotatable bonds is 7. The lowest BCUT2D eigenvalue weighted by atomic mass is 9.99. The van der Waals surface area contributed by atoms with Gasteiger partial charge in [-0.3, -0.25) is 4.79 Å². The molecule has 1 aliphatic heterocycles. The third kappa shape index (κ3) is 5.74. The lowest BCUT2D eigenvalue weighted by Crippen LogP contribution is -2.34. The first kappa shape index (κ1) is 22.5. The number of anilines is 1. The molecule has 1 amide bonds. The smallest absolute Gasteiger partial charge is 0.252 e. The third-order valence-electron chi connectivity index (χ3n) is 6.13. The summed E-state index contributed by atoms with van der Waals surface area (Å²) in [5.41, 5.74) is 4.39. The minimum absolute atomic E-state index is 0.0254. The average Bonchev–Trinajstić information content (AvgIpc) is 2.83. The molecule has 1 N–H and O–H groups in total. The van der Waals surface area contributed by atoms with Gasteiger partial charge in [0.1, 0.15) is 0 Å². The number of nitrogens with one attached hydrogen (secondary N) is 1. The highest BCUT2D eigenvalue weighted by atomic mass is 32.2. The maximum atomic E-state index is 13.1. The zero-order valence-corrected chi connectivity index (χ0v) is 19.8. The molecule has 1 heterocycles. The molecule has 0 bridgehead atoms. The summed E-state index contributed by atoms with van der Waals surface area (Å²) in [6, 6.07) is 26.9. The Hall–Kier alpha value is -2.72. The first-order valence-corrected chi connectivity index (χ1v) is 12.5. The van der Waals surface area contributed by atoms with Crippen molar-refractivity contribution in [2.24, 2.45) is 5.92 Å². The molecule has 1 fully saturated rings.